The van der Waals surface area contributed by atoms with Crippen molar-refractivity contribution in [1.82, 2.24) is 10.2 Å². The normalized spacial score (nSPS) is 10.6. The van der Waals surface area contributed by atoms with Gasteiger partial charge in [-0.25, -0.2) is 4.39 Å². The fraction of sp³-hybridized carbons (Fsp3) is 0. The third-order valence-corrected chi connectivity index (χ3v) is 1.55. The number of nitrogen functional groups attached to an aromatic ring is 1. The Morgan fingerprint density at radius 2 is 2.27 bits per heavy atom. The molecule has 1 aromatic carbocycles. The third kappa shape index (κ3) is 0.832. The highest BCUT2D eigenvalue weighted by molar-refractivity contribution is 5.88. The molecule has 3 N–H and O–H groups in total. The molecule has 0 fully saturated rings. The van der Waals surface area contributed by atoms with Crippen LogP contribution in [0.1, 0.15) is 0 Å². The Morgan fingerprint density at radius 3 is 3.09 bits per heavy atom. The maximum atomic E-state index is 12.6. The standard InChI is InChI=1S/C7H6FN3/c8-4-1-2-5-6(3-4)10-11-7(5)9/h1-3H,(H3,9,10,11). The molecule has 4 heteroatoms. The summed E-state index contributed by atoms with van der Waals surface area (Å²) >= 11 is 0. The first-order valence-electron chi connectivity index (χ1n) is 3.16. The van der Waals surface area contributed by atoms with Crippen LogP contribution in [0.2, 0.25) is 0 Å². The van der Waals surface area contributed by atoms with E-state index < -0.39 is 0 Å². The molecule has 0 bridgehead atoms. The number of rotatable bonds is 0. The maximum absolute atomic E-state index is 12.6. The summed E-state index contributed by atoms with van der Waals surface area (Å²) in [6, 6.07) is 4.32. The number of anilines is 1. The molecule has 0 radical (unpaired) electrons. The van der Waals surface area contributed by atoms with E-state index in [1.54, 1.807) is 6.07 Å². The van der Waals surface area contributed by atoms with Gasteiger partial charge in [0, 0.05) is 5.39 Å². The van der Waals surface area contributed by atoms with Gasteiger partial charge in [-0.2, -0.15) is 5.10 Å². The van der Waals surface area contributed by atoms with Crippen LogP contribution in [0.4, 0.5) is 10.2 Å². The van der Waals surface area contributed by atoms with Crippen LogP contribution in [0.3, 0.4) is 0 Å². The molecule has 0 spiro atoms. The summed E-state index contributed by atoms with van der Waals surface area (Å²) < 4.78 is 12.6. The second-order valence-corrected chi connectivity index (χ2v) is 2.30. The molecule has 56 valence electrons. The number of hydrogen-bond acceptors (Lipinski definition) is 2. The molecule has 0 saturated heterocycles. The first-order valence-corrected chi connectivity index (χ1v) is 3.16. The zero-order valence-corrected chi connectivity index (χ0v) is 5.63. The number of halogens is 1. The van der Waals surface area contributed by atoms with Gasteiger partial charge in [-0.3, -0.25) is 5.10 Å². The van der Waals surface area contributed by atoms with Crippen molar-refractivity contribution in [2.45, 2.75) is 0 Å². The lowest BCUT2D eigenvalue weighted by Gasteiger charge is -1.88. The van der Waals surface area contributed by atoms with E-state index in [2.05, 4.69) is 10.2 Å². The summed E-state index contributed by atoms with van der Waals surface area (Å²) in [7, 11) is 0. The van der Waals surface area contributed by atoms with Crippen molar-refractivity contribution < 1.29 is 4.39 Å². The average Bonchev–Trinajstić information content (AvgIpc) is 2.32. The van der Waals surface area contributed by atoms with Gasteiger partial charge in [-0.1, -0.05) is 0 Å². The Labute approximate surface area is 62.0 Å². The SMILES string of the molecule is Nc1n[nH]c2cc(F)ccc12. The van der Waals surface area contributed by atoms with E-state index in [4.69, 9.17) is 5.73 Å². The second-order valence-electron chi connectivity index (χ2n) is 2.30. The fourth-order valence-electron chi connectivity index (χ4n) is 1.01. The Balaban J connectivity index is 2.86. The Hall–Kier alpha value is -1.58. The fourth-order valence-corrected chi connectivity index (χ4v) is 1.01. The van der Waals surface area contributed by atoms with Crippen LogP contribution in [0.5, 0.6) is 0 Å². The molecule has 2 aromatic rings. The molecule has 2 rings (SSSR count). The summed E-state index contributed by atoms with van der Waals surface area (Å²) in [6.45, 7) is 0. The minimum atomic E-state index is -0.291. The van der Waals surface area contributed by atoms with Crippen molar-refractivity contribution in [1.29, 1.82) is 0 Å². The number of nitrogens with zero attached hydrogens (tertiary/aromatic N) is 1. The molecule has 1 aromatic heterocycles. The lowest BCUT2D eigenvalue weighted by Crippen LogP contribution is -1.83. The summed E-state index contributed by atoms with van der Waals surface area (Å²) in [6.07, 6.45) is 0. The van der Waals surface area contributed by atoms with Crippen molar-refractivity contribution in [2.75, 3.05) is 5.73 Å². The monoisotopic (exact) mass is 151 g/mol. The highest BCUT2D eigenvalue weighted by atomic mass is 19.1. The lowest BCUT2D eigenvalue weighted by atomic mass is 10.2. The maximum Gasteiger partial charge on any atom is 0.153 e. The Bertz CT molecular complexity index is 393. The van der Waals surface area contributed by atoms with Gasteiger partial charge in [-0.05, 0) is 18.2 Å². The van der Waals surface area contributed by atoms with Crippen molar-refractivity contribution >= 4 is 16.7 Å². The first-order chi connectivity index (χ1) is 5.27. The number of nitrogens with one attached hydrogen (secondary N) is 1. The van der Waals surface area contributed by atoms with Gasteiger partial charge in [0.2, 0.25) is 0 Å². The minimum Gasteiger partial charge on any atom is -0.382 e. The molecule has 3 nitrogen and oxygen atoms in total. The predicted octanol–water partition coefficient (Wildman–Crippen LogP) is 1.28. The van der Waals surface area contributed by atoms with Gasteiger partial charge >= 0.3 is 0 Å². The highest BCUT2D eigenvalue weighted by Gasteiger charge is 2.01. The van der Waals surface area contributed by atoms with Gasteiger partial charge in [0.05, 0.1) is 5.52 Å². The van der Waals surface area contributed by atoms with Gasteiger partial charge < -0.3 is 5.73 Å². The molecule has 0 unspecified atom stereocenters. The molecule has 0 amide bonds. The molecule has 1 heterocycles. The summed E-state index contributed by atoms with van der Waals surface area (Å²) in [5.41, 5.74) is 6.09. The van der Waals surface area contributed by atoms with Crippen LogP contribution in [0, 0.1) is 5.82 Å². The second kappa shape index (κ2) is 1.95. The molecule has 0 atom stereocenters. The summed E-state index contributed by atoms with van der Waals surface area (Å²) in [5, 5.41) is 7.09. The van der Waals surface area contributed by atoms with Crippen LogP contribution < -0.4 is 5.73 Å². The van der Waals surface area contributed by atoms with Crippen molar-refractivity contribution in [3.05, 3.63) is 24.0 Å². The number of hydrogen-bond donors (Lipinski definition) is 2. The zero-order chi connectivity index (χ0) is 7.84. The van der Waals surface area contributed by atoms with Crippen molar-refractivity contribution in [3.63, 3.8) is 0 Å². The number of nitrogens with two attached hydrogens (primary N) is 1. The first kappa shape index (κ1) is 6.15. The number of benzene rings is 1. The van der Waals surface area contributed by atoms with Gasteiger partial charge in [0.1, 0.15) is 5.82 Å². The summed E-state index contributed by atoms with van der Waals surface area (Å²) in [4.78, 5) is 0. The minimum absolute atomic E-state index is 0.291. The van der Waals surface area contributed by atoms with Gasteiger partial charge in [0.15, 0.2) is 5.82 Å². The Morgan fingerprint density at radius 1 is 1.45 bits per heavy atom. The van der Waals surface area contributed by atoms with Gasteiger partial charge in [0.25, 0.3) is 0 Å². The van der Waals surface area contributed by atoms with Crippen LogP contribution in [-0.4, -0.2) is 10.2 Å². The third-order valence-electron chi connectivity index (χ3n) is 1.55. The van der Waals surface area contributed by atoms with E-state index in [9.17, 15) is 4.39 Å². The van der Waals surface area contributed by atoms with E-state index in [1.165, 1.54) is 12.1 Å². The van der Waals surface area contributed by atoms with Gasteiger partial charge in [-0.15, -0.1) is 0 Å². The molecule has 0 aliphatic heterocycles. The largest absolute Gasteiger partial charge is 0.382 e. The average molecular weight is 151 g/mol. The molecule has 0 aliphatic carbocycles. The smallest absolute Gasteiger partial charge is 0.153 e. The van der Waals surface area contributed by atoms with Crippen LogP contribution >= 0.6 is 0 Å². The van der Waals surface area contributed by atoms with Crippen LogP contribution in [-0.2, 0) is 0 Å². The highest BCUT2D eigenvalue weighted by Crippen LogP contribution is 2.17. The molecular formula is C7H6FN3. The van der Waals surface area contributed by atoms with Crippen LogP contribution in [0.25, 0.3) is 10.9 Å². The number of fused-ring (bicyclic) bond motifs is 1. The van der Waals surface area contributed by atoms with Crippen LogP contribution in [0.15, 0.2) is 18.2 Å². The van der Waals surface area contributed by atoms with E-state index in [1.807, 2.05) is 0 Å². The van der Waals surface area contributed by atoms with E-state index in [0.717, 1.165) is 5.39 Å². The Kier molecular flexibility index (Phi) is 1.09. The van der Waals surface area contributed by atoms with E-state index in [0.29, 0.717) is 11.3 Å². The lowest BCUT2D eigenvalue weighted by molar-refractivity contribution is 0.629. The summed E-state index contributed by atoms with van der Waals surface area (Å²) in [5.74, 6) is 0.112. The van der Waals surface area contributed by atoms with E-state index >= 15 is 0 Å². The van der Waals surface area contributed by atoms with E-state index in [-0.39, 0.29) is 5.82 Å². The zero-order valence-electron chi connectivity index (χ0n) is 5.63. The topological polar surface area (TPSA) is 54.7 Å². The van der Waals surface area contributed by atoms with Crippen molar-refractivity contribution in [3.8, 4) is 0 Å². The quantitative estimate of drug-likeness (QED) is 0.596. The number of H-pyrrole nitrogens is 1. The molecular weight excluding hydrogens is 145 g/mol. The predicted molar refractivity (Wildman–Crippen MR) is 40.5 cm³/mol. The molecule has 0 saturated carbocycles. The molecule has 11 heavy (non-hydrogen) atoms. The van der Waals surface area contributed by atoms with Crippen molar-refractivity contribution in [2.24, 2.45) is 0 Å². The number of aromatic nitrogens is 2. The number of aromatic amines is 1. The molecule has 0 aliphatic rings.